The van der Waals surface area contributed by atoms with E-state index in [0.717, 1.165) is 25.3 Å². The lowest BCUT2D eigenvalue weighted by atomic mass is 9.87. The van der Waals surface area contributed by atoms with Crippen molar-refractivity contribution in [3.8, 4) is 5.75 Å². The SMILES string of the molecule is COc1cccc(N2CC(N)CC(c3cccc(C)c3)C2)c1. The number of nitrogens with zero attached hydrogens (tertiary/aromatic N) is 1. The summed E-state index contributed by atoms with van der Waals surface area (Å²) in [6.45, 7) is 4.05. The summed E-state index contributed by atoms with van der Waals surface area (Å²) in [7, 11) is 1.70. The fourth-order valence-corrected chi connectivity index (χ4v) is 3.32. The first-order valence-electron chi connectivity index (χ1n) is 7.87. The fourth-order valence-electron chi connectivity index (χ4n) is 3.32. The number of hydrogen-bond acceptors (Lipinski definition) is 3. The average Bonchev–Trinajstić information content (AvgIpc) is 2.54. The summed E-state index contributed by atoms with van der Waals surface area (Å²) in [6, 6.07) is 17.2. The molecule has 3 heteroatoms. The van der Waals surface area contributed by atoms with Crippen LogP contribution >= 0.6 is 0 Å². The molecule has 2 aromatic carbocycles. The van der Waals surface area contributed by atoms with E-state index in [1.807, 2.05) is 12.1 Å². The van der Waals surface area contributed by atoms with Crippen LogP contribution in [0.5, 0.6) is 5.75 Å². The van der Waals surface area contributed by atoms with Crippen LogP contribution in [0.25, 0.3) is 0 Å². The van der Waals surface area contributed by atoms with Crippen LogP contribution in [0, 0.1) is 6.92 Å². The van der Waals surface area contributed by atoms with E-state index in [9.17, 15) is 0 Å². The van der Waals surface area contributed by atoms with E-state index in [1.165, 1.54) is 16.8 Å². The first-order valence-corrected chi connectivity index (χ1v) is 7.87. The van der Waals surface area contributed by atoms with Gasteiger partial charge in [-0.25, -0.2) is 0 Å². The Morgan fingerprint density at radius 3 is 2.68 bits per heavy atom. The summed E-state index contributed by atoms with van der Waals surface area (Å²) in [6.07, 6.45) is 1.05. The van der Waals surface area contributed by atoms with Gasteiger partial charge >= 0.3 is 0 Å². The highest BCUT2D eigenvalue weighted by Gasteiger charge is 2.26. The van der Waals surface area contributed by atoms with Gasteiger partial charge in [0.1, 0.15) is 5.75 Å². The van der Waals surface area contributed by atoms with Crippen LogP contribution in [0.2, 0.25) is 0 Å². The number of hydrogen-bond donors (Lipinski definition) is 1. The number of piperidine rings is 1. The molecule has 0 amide bonds. The quantitative estimate of drug-likeness (QED) is 0.944. The lowest BCUT2D eigenvalue weighted by Gasteiger charge is -2.38. The molecule has 116 valence electrons. The average molecular weight is 296 g/mol. The van der Waals surface area contributed by atoms with E-state index in [1.54, 1.807) is 7.11 Å². The summed E-state index contributed by atoms with van der Waals surface area (Å²) in [5, 5.41) is 0. The molecule has 2 atom stereocenters. The second-order valence-electron chi connectivity index (χ2n) is 6.21. The molecule has 1 aliphatic rings. The Morgan fingerprint density at radius 1 is 1.09 bits per heavy atom. The Labute approximate surface area is 132 Å². The summed E-state index contributed by atoms with van der Waals surface area (Å²) in [4.78, 5) is 2.38. The second-order valence-corrected chi connectivity index (χ2v) is 6.21. The van der Waals surface area contributed by atoms with Crippen LogP contribution in [0.3, 0.4) is 0 Å². The van der Waals surface area contributed by atoms with Crippen LogP contribution < -0.4 is 15.4 Å². The van der Waals surface area contributed by atoms with Crippen LogP contribution in [0.1, 0.15) is 23.5 Å². The Morgan fingerprint density at radius 2 is 1.91 bits per heavy atom. The maximum atomic E-state index is 6.33. The molecular formula is C19H24N2O. The standard InChI is InChI=1S/C19H24N2O/c1-14-5-3-6-15(9-14)16-10-17(20)13-21(12-16)18-7-4-8-19(11-18)22-2/h3-9,11,16-17H,10,12-13,20H2,1-2H3. The third-order valence-corrected chi connectivity index (χ3v) is 4.41. The predicted octanol–water partition coefficient (Wildman–Crippen LogP) is 3.32. The number of anilines is 1. The zero-order chi connectivity index (χ0) is 15.5. The van der Waals surface area contributed by atoms with Crippen molar-refractivity contribution in [1.29, 1.82) is 0 Å². The van der Waals surface area contributed by atoms with E-state index < -0.39 is 0 Å². The van der Waals surface area contributed by atoms with Gasteiger partial charge in [-0.05, 0) is 31.0 Å². The molecule has 22 heavy (non-hydrogen) atoms. The van der Waals surface area contributed by atoms with E-state index in [0.29, 0.717) is 5.92 Å². The molecule has 2 unspecified atom stereocenters. The number of aryl methyl sites for hydroxylation is 1. The number of benzene rings is 2. The molecule has 0 saturated carbocycles. The van der Waals surface area contributed by atoms with Gasteiger partial charge in [-0.1, -0.05) is 35.9 Å². The minimum absolute atomic E-state index is 0.200. The molecule has 0 aromatic heterocycles. The molecule has 0 radical (unpaired) electrons. The first kappa shape index (κ1) is 14.9. The molecule has 3 rings (SSSR count). The number of ether oxygens (including phenoxy) is 1. The smallest absolute Gasteiger partial charge is 0.120 e. The maximum absolute atomic E-state index is 6.33. The van der Waals surface area contributed by atoms with Gasteiger partial charge in [0.2, 0.25) is 0 Å². The highest BCUT2D eigenvalue weighted by molar-refractivity contribution is 5.52. The van der Waals surface area contributed by atoms with E-state index in [4.69, 9.17) is 10.5 Å². The maximum Gasteiger partial charge on any atom is 0.120 e. The van der Waals surface area contributed by atoms with Gasteiger partial charge in [0.15, 0.2) is 0 Å². The van der Waals surface area contributed by atoms with Gasteiger partial charge in [-0.2, -0.15) is 0 Å². The largest absolute Gasteiger partial charge is 0.497 e. The lowest BCUT2D eigenvalue weighted by molar-refractivity contribution is 0.413. The van der Waals surface area contributed by atoms with E-state index in [-0.39, 0.29) is 6.04 Å². The van der Waals surface area contributed by atoms with Crippen molar-refractivity contribution >= 4 is 5.69 Å². The number of rotatable bonds is 3. The van der Waals surface area contributed by atoms with Crippen molar-refractivity contribution < 1.29 is 4.74 Å². The van der Waals surface area contributed by atoms with Gasteiger partial charge in [-0.15, -0.1) is 0 Å². The summed E-state index contributed by atoms with van der Waals surface area (Å²) < 4.78 is 5.34. The Balaban J connectivity index is 1.84. The molecule has 0 spiro atoms. The summed E-state index contributed by atoms with van der Waals surface area (Å²) in [5.74, 6) is 1.37. The molecule has 2 aromatic rings. The molecule has 3 nitrogen and oxygen atoms in total. The van der Waals surface area contributed by atoms with E-state index >= 15 is 0 Å². The minimum Gasteiger partial charge on any atom is -0.497 e. The topological polar surface area (TPSA) is 38.5 Å². The van der Waals surface area contributed by atoms with Crippen molar-refractivity contribution in [2.75, 3.05) is 25.1 Å². The molecule has 1 fully saturated rings. The van der Waals surface area contributed by atoms with Crippen molar-refractivity contribution in [3.05, 3.63) is 59.7 Å². The number of methoxy groups -OCH3 is 1. The summed E-state index contributed by atoms with van der Waals surface area (Å²) >= 11 is 0. The van der Waals surface area contributed by atoms with E-state index in [2.05, 4.69) is 48.2 Å². The third kappa shape index (κ3) is 3.25. The van der Waals surface area contributed by atoms with Crippen molar-refractivity contribution in [1.82, 2.24) is 0 Å². The Bertz CT molecular complexity index is 641. The van der Waals surface area contributed by atoms with Crippen molar-refractivity contribution in [3.63, 3.8) is 0 Å². The van der Waals surface area contributed by atoms with Crippen LogP contribution in [-0.2, 0) is 0 Å². The molecule has 0 aliphatic carbocycles. The molecule has 1 aliphatic heterocycles. The zero-order valence-corrected chi connectivity index (χ0v) is 13.3. The fraction of sp³-hybridized carbons (Fsp3) is 0.368. The molecule has 2 N–H and O–H groups in total. The third-order valence-electron chi connectivity index (χ3n) is 4.41. The summed E-state index contributed by atoms with van der Waals surface area (Å²) in [5.41, 5.74) is 10.2. The monoisotopic (exact) mass is 296 g/mol. The number of nitrogens with two attached hydrogens (primary N) is 1. The van der Waals surface area contributed by atoms with Crippen LogP contribution in [0.15, 0.2) is 48.5 Å². The van der Waals surface area contributed by atoms with Gasteiger partial charge in [-0.3, -0.25) is 0 Å². The van der Waals surface area contributed by atoms with Gasteiger partial charge in [0.25, 0.3) is 0 Å². The van der Waals surface area contributed by atoms with Crippen LogP contribution in [0.4, 0.5) is 5.69 Å². The lowest BCUT2D eigenvalue weighted by Crippen LogP contribution is -2.46. The first-order chi connectivity index (χ1) is 10.7. The Hall–Kier alpha value is -2.00. The van der Waals surface area contributed by atoms with Crippen LogP contribution in [-0.4, -0.2) is 26.2 Å². The van der Waals surface area contributed by atoms with Gasteiger partial charge in [0, 0.05) is 36.8 Å². The Kier molecular flexibility index (Phi) is 4.34. The highest BCUT2D eigenvalue weighted by atomic mass is 16.5. The van der Waals surface area contributed by atoms with Crippen molar-refractivity contribution in [2.24, 2.45) is 5.73 Å². The van der Waals surface area contributed by atoms with Gasteiger partial charge in [0.05, 0.1) is 7.11 Å². The van der Waals surface area contributed by atoms with Crippen molar-refractivity contribution in [2.45, 2.75) is 25.3 Å². The molecule has 0 bridgehead atoms. The van der Waals surface area contributed by atoms with Gasteiger partial charge < -0.3 is 15.4 Å². The normalized spacial score (nSPS) is 21.7. The zero-order valence-electron chi connectivity index (χ0n) is 13.3. The molecule has 1 saturated heterocycles. The molecule has 1 heterocycles. The minimum atomic E-state index is 0.200. The highest BCUT2D eigenvalue weighted by Crippen LogP contribution is 2.31. The molecular weight excluding hydrogens is 272 g/mol. The second kappa shape index (κ2) is 6.41. The predicted molar refractivity (Wildman–Crippen MR) is 91.7 cm³/mol.